The molecule has 0 saturated carbocycles. The number of aryl methyl sites for hydroxylation is 1. The maximum absolute atomic E-state index is 11.7. The largest absolute Gasteiger partial charge is 0.460 e. The number of fused-ring (bicyclic) bond motifs is 2. The van der Waals surface area contributed by atoms with Crippen LogP contribution in [0.4, 0.5) is 0 Å². The van der Waals surface area contributed by atoms with Gasteiger partial charge in [0, 0.05) is 35.4 Å². The first-order valence-electron chi connectivity index (χ1n) is 9.40. The van der Waals surface area contributed by atoms with Crippen molar-refractivity contribution in [2.45, 2.75) is 6.92 Å². The first-order valence-corrected chi connectivity index (χ1v) is 9.40. The topological polar surface area (TPSA) is 91.2 Å². The van der Waals surface area contributed by atoms with E-state index in [0.29, 0.717) is 33.8 Å². The molecular formula is C24H17N3O3. The van der Waals surface area contributed by atoms with Crippen LogP contribution in [0.25, 0.3) is 33.0 Å². The molecule has 2 aromatic carbocycles. The lowest BCUT2D eigenvalue weighted by Crippen LogP contribution is -2.11. The summed E-state index contributed by atoms with van der Waals surface area (Å²) in [5.41, 5.74) is 9.37. The number of benzene rings is 2. The van der Waals surface area contributed by atoms with Crippen LogP contribution in [0, 0.1) is 6.92 Å². The SMILES string of the molecule is Cc1oc2cc(Oc3ccnc4cc(-c5ccncc5)ccc34)ccc2c1C(N)=O. The molecular weight excluding hydrogens is 378 g/mol. The molecule has 5 aromatic rings. The minimum atomic E-state index is -0.509. The molecule has 30 heavy (non-hydrogen) atoms. The second-order valence-corrected chi connectivity index (χ2v) is 6.93. The number of nitrogens with zero attached hydrogens (tertiary/aromatic N) is 2. The highest BCUT2D eigenvalue weighted by molar-refractivity contribution is 6.06. The van der Waals surface area contributed by atoms with Crippen LogP contribution < -0.4 is 10.5 Å². The van der Waals surface area contributed by atoms with Gasteiger partial charge in [-0.3, -0.25) is 14.8 Å². The average molecular weight is 395 g/mol. The number of carbonyl (C=O) groups excluding carboxylic acids is 1. The first-order chi connectivity index (χ1) is 14.6. The Balaban J connectivity index is 1.53. The number of furan rings is 1. The summed E-state index contributed by atoms with van der Waals surface area (Å²) in [5.74, 6) is 1.26. The quantitative estimate of drug-likeness (QED) is 0.449. The van der Waals surface area contributed by atoms with Crippen LogP contribution in [0.2, 0.25) is 0 Å². The molecule has 146 valence electrons. The van der Waals surface area contributed by atoms with Gasteiger partial charge >= 0.3 is 0 Å². The molecule has 6 heteroatoms. The number of rotatable bonds is 4. The van der Waals surface area contributed by atoms with Gasteiger partial charge in [-0.1, -0.05) is 6.07 Å². The number of ether oxygens (including phenoxy) is 1. The molecule has 0 aliphatic heterocycles. The molecule has 0 bridgehead atoms. The Morgan fingerprint density at radius 1 is 0.933 bits per heavy atom. The van der Waals surface area contributed by atoms with Crippen LogP contribution in [-0.2, 0) is 0 Å². The van der Waals surface area contributed by atoms with Crippen molar-refractivity contribution >= 4 is 27.8 Å². The fourth-order valence-electron chi connectivity index (χ4n) is 3.63. The van der Waals surface area contributed by atoms with Crippen molar-refractivity contribution < 1.29 is 13.9 Å². The number of carbonyl (C=O) groups is 1. The summed E-state index contributed by atoms with van der Waals surface area (Å²) in [6.07, 6.45) is 5.25. The molecule has 3 heterocycles. The molecule has 0 spiro atoms. The Labute approximate surface area is 171 Å². The lowest BCUT2D eigenvalue weighted by molar-refractivity contribution is 0.1000. The highest BCUT2D eigenvalue weighted by atomic mass is 16.5. The number of aromatic nitrogens is 2. The van der Waals surface area contributed by atoms with Crippen molar-refractivity contribution in [3.05, 3.63) is 84.5 Å². The van der Waals surface area contributed by atoms with E-state index < -0.39 is 5.91 Å². The van der Waals surface area contributed by atoms with E-state index in [2.05, 4.69) is 9.97 Å². The molecule has 0 aliphatic rings. The van der Waals surface area contributed by atoms with E-state index in [4.69, 9.17) is 14.9 Å². The Bertz CT molecular complexity index is 1410. The maximum Gasteiger partial charge on any atom is 0.252 e. The van der Waals surface area contributed by atoms with Crippen molar-refractivity contribution in [1.82, 2.24) is 9.97 Å². The van der Waals surface area contributed by atoms with Gasteiger partial charge in [-0.25, -0.2) is 0 Å². The summed E-state index contributed by atoms with van der Waals surface area (Å²) in [7, 11) is 0. The van der Waals surface area contributed by atoms with E-state index >= 15 is 0 Å². The average Bonchev–Trinajstić information content (AvgIpc) is 3.09. The molecule has 2 N–H and O–H groups in total. The highest BCUT2D eigenvalue weighted by Crippen LogP contribution is 2.34. The summed E-state index contributed by atoms with van der Waals surface area (Å²) >= 11 is 0. The van der Waals surface area contributed by atoms with Gasteiger partial charge in [-0.2, -0.15) is 0 Å². The third kappa shape index (κ3) is 3.04. The highest BCUT2D eigenvalue weighted by Gasteiger charge is 2.16. The maximum atomic E-state index is 11.7. The van der Waals surface area contributed by atoms with Gasteiger partial charge in [0.05, 0.1) is 11.1 Å². The molecule has 0 radical (unpaired) electrons. The molecule has 5 rings (SSSR count). The van der Waals surface area contributed by atoms with E-state index in [1.807, 2.05) is 36.4 Å². The van der Waals surface area contributed by atoms with Crippen LogP contribution in [-0.4, -0.2) is 15.9 Å². The normalized spacial score (nSPS) is 11.1. The van der Waals surface area contributed by atoms with Gasteiger partial charge in [0.25, 0.3) is 5.91 Å². The van der Waals surface area contributed by atoms with Gasteiger partial charge in [-0.15, -0.1) is 0 Å². The Morgan fingerprint density at radius 3 is 2.53 bits per heavy atom. The number of hydrogen-bond acceptors (Lipinski definition) is 5. The summed E-state index contributed by atoms with van der Waals surface area (Å²) in [5, 5.41) is 1.57. The lowest BCUT2D eigenvalue weighted by atomic mass is 10.0. The van der Waals surface area contributed by atoms with Gasteiger partial charge in [0.2, 0.25) is 0 Å². The number of hydrogen-bond donors (Lipinski definition) is 1. The van der Waals surface area contributed by atoms with Crippen molar-refractivity contribution in [3.63, 3.8) is 0 Å². The molecule has 0 unspecified atom stereocenters. The van der Waals surface area contributed by atoms with E-state index in [9.17, 15) is 4.79 Å². The molecule has 0 fully saturated rings. The van der Waals surface area contributed by atoms with Gasteiger partial charge in [-0.05, 0) is 60.5 Å². The van der Waals surface area contributed by atoms with Crippen LogP contribution in [0.15, 0.2) is 77.6 Å². The Morgan fingerprint density at radius 2 is 1.73 bits per heavy atom. The smallest absolute Gasteiger partial charge is 0.252 e. The fourth-order valence-corrected chi connectivity index (χ4v) is 3.63. The van der Waals surface area contributed by atoms with Crippen molar-refractivity contribution in [2.75, 3.05) is 0 Å². The van der Waals surface area contributed by atoms with Gasteiger partial charge < -0.3 is 14.9 Å². The second-order valence-electron chi connectivity index (χ2n) is 6.93. The van der Waals surface area contributed by atoms with E-state index in [0.717, 1.165) is 22.0 Å². The summed E-state index contributed by atoms with van der Waals surface area (Å²) in [6, 6.07) is 17.1. The molecule has 6 nitrogen and oxygen atoms in total. The third-order valence-corrected chi connectivity index (χ3v) is 5.03. The fraction of sp³-hybridized carbons (Fsp3) is 0.0417. The second kappa shape index (κ2) is 7.00. The van der Waals surface area contributed by atoms with E-state index in [-0.39, 0.29) is 0 Å². The van der Waals surface area contributed by atoms with Crippen LogP contribution >= 0.6 is 0 Å². The zero-order chi connectivity index (χ0) is 20.7. The van der Waals surface area contributed by atoms with Crippen LogP contribution in [0.3, 0.4) is 0 Å². The number of amides is 1. The minimum absolute atomic E-state index is 0.398. The van der Waals surface area contributed by atoms with Crippen LogP contribution in [0.5, 0.6) is 11.5 Å². The Hall–Kier alpha value is -4.19. The monoisotopic (exact) mass is 395 g/mol. The van der Waals surface area contributed by atoms with E-state index in [1.54, 1.807) is 43.7 Å². The first kappa shape index (κ1) is 17.9. The minimum Gasteiger partial charge on any atom is -0.460 e. The zero-order valence-corrected chi connectivity index (χ0v) is 16.1. The standard InChI is InChI=1S/C24H17N3O3/c1-14-23(24(25)28)19-5-3-17(13-22(19)29-14)30-21-8-11-27-20-12-16(2-4-18(20)21)15-6-9-26-10-7-15/h2-13H,1H3,(H2,25,28). The predicted molar refractivity (Wildman–Crippen MR) is 115 cm³/mol. The predicted octanol–water partition coefficient (Wildman–Crippen LogP) is 5.24. The van der Waals surface area contributed by atoms with Crippen LogP contribution in [0.1, 0.15) is 16.1 Å². The molecule has 0 atom stereocenters. The zero-order valence-electron chi connectivity index (χ0n) is 16.1. The number of nitrogens with two attached hydrogens (primary N) is 1. The molecule has 0 saturated heterocycles. The number of pyridine rings is 2. The third-order valence-electron chi connectivity index (χ3n) is 5.03. The number of primary amides is 1. The summed E-state index contributed by atoms with van der Waals surface area (Å²) in [6.45, 7) is 1.72. The van der Waals surface area contributed by atoms with Crippen molar-refractivity contribution in [1.29, 1.82) is 0 Å². The molecule has 3 aromatic heterocycles. The van der Waals surface area contributed by atoms with Gasteiger partial charge in [0.15, 0.2) is 0 Å². The van der Waals surface area contributed by atoms with Gasteiger partial charge in [0.1, 0.15) is 22.8 Å². The summed E-state index contributed by atoms with van der Waals surface area (Å²) in [4.78, 5) is 20.2. The Kier molecular flexibility index (Phi) is 4.17. The molecule has 1 amide bonds. The van der Waals surface area contributed by atoms with Crippen molar-refractivity contribution in [2.24, 2.45) is 5.73 Å². The lowest BCUT2D eigenvalue weighted by Gasteiger charge is -2.10. The molecule has 0 aliphatic carbocycles. The summed E-state index contributed by atoms with van der Waals surface area (Å²) < 4.78 is 11.8. The van der Waals surface area contributed by atoms with Crippen molar-refractivity contribution in [3.8, 4) is 22.6 Å². The van der Waals surface area contributed by atoms with E-state index in [1.165, 1.54) is 0 Å².